The molecule has 5 heteroatoms. The Morgan fingerprint density at radius 3 is 3.00 bits per heavy atom. The Bertz CT molecular complexity index is 326. The van der Waals surface area contributed by atoms with E-state index < -0.39 is 0 Å². The fraction of sp³-hybridized carbons (Fsp3) is 0.556. The number of hydrogen-bond acceptors (Lipinski definition) is 4. The molecule has 0 saturated carbocycles. The molecule has 1 aliphatic rings. The van der Waals surface area contributed by atoms with Crippen molar-refractivity contribution in [1.82, 2.24) is 15.5 Å². The third-order valence-corrected chi connectivity index (χ3v) is 2.91. The van der Waals surface area contributed by atoms with Crippen LogP contribution in [0.4, 0.5) is 0 Å². The standard InChI is InChI=1S/C9H12BrN3O/c1-14-9-6(10)5-8(12-13-9)7-3-2-4-11-7/h5,7,11H,2-4H2,1H3. The molecule has 1 aliphatic heterocycles. The number of ether oxygens (including phenoxy) is 1. The molecule has 2 rings (SSSR count). The first-order valence-corrected chi connectivity index (χ1v) is 5.41. The summed E-state index contributed by atoms with van der Waals surface area (Å²) in [4.78, 5) is 0. The van der Waals surface area contributed by atoms with Crippen molar-refractivity contribution in [3.63, 3.8) is 0 Å². The van der Waals surface area contributed by atoms with E-state index in [1.807, 2.05) is 6.07 Å². The highest BCUT2D eigenvalue weighted by atomic mass is 79.9. The summed E-state index contributed by atoms with van der Waals surface area (Å²) < 4.78 is 5.88. The Hall–Kier alpha value is -0.680. The maximum Gasteiger partial charge on any atom is 0.247 e. The summed E-state index contributed by atoms with van der Waals surface area (Å²) in [5, 5.41) is 11.5. The smallest absolute Gasteiger partial charge is 0.247 e. The van der Waals surface area contributed by atoms with Crippen LogP contribution in [0.1, 0.15) is 24.6 Å². The number of halogens is 1. The molecule has 0 aromatic carbocycles. The van der Waals surface area contributed by atoms with Crippen molar-refractivity contribution in [2.45, 2.75) is 18.9 Å². The van der Waals surface area contributed by atoms with E-state index in [4.69, 9.17) is 4.74 Å². The van der Waals surface area contributed by atoms with E-state index in [2.05, 4.69) is 31.4 Å². The maximum absolute atomic E-state index is 5.02. The van der Waals surface area contributed by atoms with Gasteiger partial charge in [0.2, 0.25) is 5.88 Å². The van der Waals surface area contributed by atoms with Gasteiger partial charge >= 0.3 is 0 Å². The molecular formula is C9H12BrN3O. The Labute approximate surface area is 91.2 Å². The molecule has 0 aliphatic carbocycles. The Kier molecular flexibility index (Phi) is 2.98. The largest absolute Gasteiger partial charge is 0.479 e. The molecule has 1 atom stereocenters. The van der Waals surface area contributed by atoms with Gasteiger partial charge in [-0.1, -0.05) is 0 Å². The highest BCUT2D eigenvalue weighted by Crippen LogP contribution is 2.27. The lowest BCUT2D eigenvalue weighted by molar-refractivity contribution is 0.387. The zero-order valence-corrected chi connectivity index (χ0v) is 9.54. The third kappa shape index (κ3) is 1.88. The third-order valence-electron chi connectivity index (χ3n) is 2.35. The van der Waals surface area contributed by atoms with E-state index in [9.17, 15) is 0 Å². The summed E-state index contributed by atoms with van der Waals surface area (Å²) in [7, 11) is 1.59. The molecule has 4 nitrogen and oxygen atoms in total. The van der Waals surface area contributed by atoms with E-state index in [1.54, 1.807) is 7.11 Å². The molecule has 1 fully saturated rings. The van der Waals surface area contributed by atoms with Crippen LogP contribution in [0.5, 0.6) is 5.88 Å². The van der Waals surface area contributed by atoms with Crippen molar-refractivity contribution < 1.29 is 4.74 Å². The number of aromatic nitrogens is 2. The van der Waals surface area contributed by atoms with Crippen LogP contribution >= 0.6 is 15.9 Å². The average Bonchev–Trinajstić information content (AvgIpc) is 2.70. The zero-order valence-electron chi connectivity index (χ0n) is 7.96. The first-order valence-electron chi connectivity index (χ1n) is 4.62. The summed E-state index contributed by atoms with van der Waals surface area (Å²) in [6.45, 7) is 1.07. The van der Waals surface area contributed by atoms with Crippen LogP contribution in [0.2, 0.25) is 0 Å². The Morgan fingerprint density at radius 1 is 1.57 bits per heavy atom. The SMILES string of the molecule is COc1nnc(C2CCCN2)cc1Br. The second-order valence-corrected chi connectivity index (χ2v) is 4.13. The topological polar surface area (TPSA) is 47.0 Å². The number of nitrogens with zero attached hydrogens (tertiary/aromatic N) is 2. The number of rotatable bonds is 2. The molecule has 76 valence electrons. The van der Waals surface area contributed by atoms with Gasteiger partial charge in [0.15, 0.2) is 0 Å². The molecule has 1 N–H and O–H groups in total. The van der Waals surface area contributed by atoms with E-state index in [1.165, 1.54) is 6.42 Å². The van der Waals surface area contributed by atoms with Gasteiger partial charge in [0.05, 0.1) is 23.3 Å². The van der Waals surface area contributed by atoms with Crippen molar-refractivity contribution in [2.24, 2.45) is 0 Å². The quantitative estimate of drug-likeness (QED) is 0.876. The van der Waals surface area contributed by atoms with Crippen LogP contribution in [-0.4, -0.2) is 23.9 Å². The van der Waals surface area contributed by atoms with Gasteiger partial charge in [-0.2, -0.15) is 5.10 Å². The van der Waals surface area contributed by atoms with Gasteiger partial charge in [0.1, 0.15) is 0 Å². The fourth-order valence-electron chi connectivity index (χ4n) is 1.62. The van der Waals surface area contributed by atoms with Crippen LogP contribution < -0.4 is 10.1 Å². The average molecular weight is 258 g/mol. The summed E-state index contributed by atoms with van der Waals surface area (Å²) >= 11 is 3.40. The van der Waals surface area contributed by atoms with Crippen molar-refractivity contribution in [2.75, 3.05) is 13.7 Å². The Balaban J connectivity index is 2.23. The molecule has 14 heavy (non-hydrogen) atoms. The minimum absolute atomic E-state index is 0.352. The number of methoxy groups -OCH3 is 1. The van der Waals surface area contributed by atoms with Crippen molar-refractivity contribution in [1.29, 1.82) is 0 Å². The van der Waals surface area contributed by atoms with Crippen molar-refractivity contribution in [3.8, 4) is 5.88 Å². The molecule has 0 amide bonds. The molecular weight excluding hydrogens is 246 g/mol. The minimum Gasteiger partial charge on any atom is -0.479 e. The molecule has 1 aromatic heterocycles. The van der Waals surface area contributed by atoms with Crippen LogP contribution in [0.3, 0.4) is 0 Å². The first-order chi connectivity index (χ1) is 6.81. The molecule has 0 radical (unpaired) electrons. The normalized spacial score (nSPS) is 21.1. The molecule has 1 unspecified atom stereocenters. The minimum atomic E-state index is 0.352. The molecule has 1 saturated heterocycles. The predicted molar refractivity (Wildman–Crippen MR) is 56.3 cm³/mol. The molecule has 2 heterocycles. The summed E-state index contributed by atoms with van der Waals surface area (Å²) in [6.07, 6.45) is 2.34. The fourth-order valence-corrected chi connectivity index (χ4v) is 2.09. The van der Waals surface area contributed by atoms with Crippen LogP contribution in [0, 0.1) is 0 Å². The molecule has 0 spiro atoms. The summed E-state index contributed by atoms with van der Waals surface area (Å²) in [5.41, 5.74) is 0.982. The summed E-state index contributed by atoms with van der Waals surface area (Å²) in [5.74, 6) is 0.534. The van der Waals surface area contributed by atoms with E-state index >= 15 is 0 Å². The maximum atomic E-state index is 5.02. The first kappa shape index (κ1) is 9.86. The van der Waals surface area contributed by atoms with E-state index in [0.29, 0.717) is 11.9 Å². The van der Waals surface area contributed by atoms with Crippen LogP contribution in [0.15, 0.2) is 10.5 Å². The van der Waals surface area contributed by atoms with Crippen LogP contribution in [-0.2, 0) is 0 Å². The lowest BCUT2D eigenvalue weighted by atomic mass is 10.1. The van der Waals surface area contributed by atoms with Gasteiger partial charge in [-0.05, 0) is 41.4 Å². The van der Waals surface area contributed by atoms with Crippen molar-refractivity contribution >= 4 is 15.9 Å². The second-order valence-electron chi connectivity index (χ2n) is 3.28. The van der Waals surface area contributed by atoms with Gasteiger partial charge in [-0.15, -0.1) is 5.10 Å². The molecule has 1 aromatic rings. The van der Waals surface area contributed by atoms with Gasteiger partial charge in [-0.25, -0.2) is 0 Å². The second kappa shape index (κ2) is 4.23. The number of nitrogens with one attached hydrogen (secondary N) is 1. The van der Waals surface area contributed by atoms with E-state index in [0.717, 1.165) is 23.1 Å². The zero-order chi connectivity index (χ0) is 9.97. The predicted octanol–water partition coefficient (Wildman–Crippen LogP) is 1.67. The van der Waals surface area contributed by atoms with E-state index in [-0.39, 0.29) is 0 Å². The van der Waals surface area contributed by atoms with Gasteiger partial charge < -0.3 is 10.1 Å². The highest BCUT2D eigenvalue weighted by molar-refractivity contribution is 9.10. The highest BCUT2D eigenvalue weighted by Gasteiger charge is 2.19. The Morgan fingerprint density at radius 2 is 2.43 bits per heavy atom. The van der Waals surface area contributed by atoms with Gasteiger partial charge in [0, 0.05) is 0 Å². The summed E-state index contributed by atoms with van der Waals surface area (Å²) in [6, 6.07) is 2.32. The lowest BCUT2D eigenvalue weighted by Gasteiger charge is -2.09. The lowest BCUT2D eigenvalue weighted by Crippen LogP contribution is -2.14. The van der Waals surface area contributed by atoms with Crippen LogP contribution in [0.25, 0.3) is 0 Å². The monoisotopic (exact) mass is 257 g/mol. The van der Waals surface area contributed by atoms with Gasteiger partial charge in [-0.3, -0.25) is 0 Å². The van der Waals surface area contributed by atoms with Crippen molar-refractivity contribution in [3.05, 3.63) is 16.2 Å². The van der Waals surface area contributed by atoms with Gasteiger partial charge in [0.25, 0.3) is 0 Å². The molecule has 0 bridgehead atoms. The number of hydrogen-bond donors (Lipinski definition) is 1.